The van der Waals surface area contributed by atoms with E-state index in [1.807, 2.05) is 0 Å². The number of Topliss-reactive ketones (excluding diaryl/α,β-unsaturated/α-hetero) is 1. The second-order valence-corrected chi connectivity index (χ2v) is 7.17. The van der Waals surface area contributed by atoms with Crippen LogP contribution in [0.1, 0.15) is 31.2 Å². The number of ether oxygens (including phenoxy) is 1. The van der Waals surface area contributed by atoms with E-state index in [9.17, 15) is 14.4 Å². The Bertz CT molecular complexity index is 802. The number of benzene rings is 1. The first-order chi connectivity index (χ1) is 11.8. The molecule has 25 heavy (non-hydrogen) atoms. The monoisotopic (exact) mass is 381 g/mol. The van der Waals surface area contributed by atoms with Gasteiger partial charge in [-0.2, -0.15) is 0 Å². The SMILES string of the molecule is COC(=O)[C@@H]1C(=O)C2=C(C[C@@H]1C)NC(=O)C[C@H]2c1cccc(Cl)c1Cl. The smallest absolute Gasteiger partial charge is 0.316 e. The fourth-order valence-corrected chi connectivity index (χ4v) is 4.09. The predicted molar refractivity (Wildman–Crippen MR) is 93.3 cm³/mol. The normalized spacial score (nSPS) is 26.2. The van der Waals surface area contributed by atoms with Gasteiger partial charge in [-0.05, 0) is 24.0 Å². The Morgan fingerprint density at radius 3 is 2.64 bits per heavy atom. The Balaban J connectivity index is 2.12. The molecule has 0 spiro atoms. The number of ketones is 1. The average Bonchev–Trinajstić information content (AvgIpc) is 2.56. The van der Waals surface area contributed by atoms with Crippen LogP contribution >= 0.6 is 23.2 Å². The van der Waals surface area contributed by atoms with Crippen molar-refractivity contribution in [3.63, 3.8) is 0 Å². The molecule has 0 unspecified atom stereocenters. The van der Waals surface area contributed by atoms with Crippen LogP contribution in [0, 0.1) is 11.8 Å². The Kier molecular flexibility index (Phi) is 4.89. The van der Waals surface area contributed by atoms with E-state index in [2.05, 4.69) is 5.32 Å². The zero-order valence-corrected chi connectivity index (χ0v) is 15.3. The highest BCUT2D eigenvalue weighted by Gasteiger charge is 2.45. The van der Waals surface area contributed by atoms with Crippen LogP contribution in [0.2, 0.25) is 10.0 Å². The van der Waals surface area contributed by atoms with Crippen molar-refractivity contribution in [1.29, 1.82) is 0 Å². The van der Waals surface area contributed by atoms with Crippen LogP contribution in [-0.2, 0) is 19.1 Å². The molecule has 132 valence electrons. The fraction of sp³-hybridized carbons (Fsp3) is 0.389. The molecular weight excluding hydrogens is 365 g/mol. The number of carbonyl (C=O) groups is 3. The number of carbonyl (C=O) groups excluding carboxylic acids is 3. The van der Waals surface area contributed by atoms with Gasteiger partial charge in [-0.3, -0.25) is 14.4 Å². The van der Waals surface area contributed by atoms with Gasteiger partial charge in [-0.1, -0.05) is 42.3 Å². The molecule has 0 saturated carbocycles. The van der Waals surface area contributed by atoms with Crippen molar-refractivity contribution in [2.45, 2.75) is 25.7 Å². The highest BCUT2D eigenvalue weighted by Crippen LogP contribution is 2.44. The molecule has 0 saturated heterocycles. The summed E-state index contributed by atoms with van der Waals surface area (Å²) in [4.78, 5) is 37.3. The van der Waals surface area contributed by atoms with Gasteiger partial charge < -0.3 is 10.1 Å². The van der Waals surface area contributed by atoms with Crippen molar-refractivity contribution in [2.75, 3.05) is 7.11 Å². The molecular formula is C18H17Cl2NO4. The van der Waals surface area contributed by atoms with E-state index in [4.69, 9.17) is 27.9 Å². The lowest BCUT2D eigenvalue weighted by atomic mass is 9.70. The molecule has 1 aromatic carbocycles. The number of methoxy groups -OCH3 is 1. The van der Waals surface area contributed by atoms with E-state index >= 15 is 0 Å². The third-order valence-electron chi connectivity index (χ3n) is 4.81. The van der Waals surface area contributed by atoms with Gasteiger partial charge in [0.1, 0.15) is 5.92 Å². The van der Waals surface area contributed by atoms with E-state index < -0.39 is 17.8 Å². The second kappa shape index (κ2) is 6.81. The van der Waals surface area contributed by atoms with E-state index in [1.54, 1.807) is 25.1 Å². The topological polar surface area (TPSA) is 72.5 Å². The predicted octanol–water partition coefficient (Wildman–Crippen LogP) is 3.25. The standard InChI is InChI=1S/C18H17Cl2NO4/c1-8-6-12-15(17(23)14(8)18(24)25-2)10(7-13(22)21-12)9-4-3-5-11(19)16(9)20/h3-5,8,10,14H,6-7H2,1-2H3,(H,21,22)/t8-,10-,14-/m0/s1. The Labute approximate surface area is 155 Å². The molecule has 0 radical (unpaired) electrons. The van der Waals surface area contributed by atoms with Crippen molar-refractivity contribution >= 4 is 40.9 Å². The average molecular weight is 382 g/mol. The van der Waals surface area contributed by atoms with Gasteiger partial charge in [0.15, 0.2) is 5.78 Å². The van der Waals surface area contributed by atoms with Crippen LogP contribution < -0.4 is 5.32 Å². The summed E-state index contributed by atoms with van der Waals surface area (Å²) >= 11 is 12.4. The molecule has 3 rings (SSSR count). The molecule has 1 aliphatic heterocycles. The summed E-state index contributed by atoms with van der Waals surface area (Å²) in [6.45, 7) is 1.80. The van der Waals surface area contributed by atoms with Crippen molar-refractivity contribution < 1.29 is 19.1 Å². The summed E-state index contributed by atoms with van der Waals surface area (Å²) in [5.74, 6) is -2.72. The first-order valence-corrected chi connectivity index (χ1v) is 8.69. The lowest BCUT2D eigenvalue weighted by Crippen LogP contribution is -2.44. The second-order valence-electron chi connectivity index (χ2n) is 6.39. The Morgan fingerprint density at radius 2 is 1.96 bits per heavy atom. The Morgan fingerprint density at radius 1 is 1.24 bits per heavy atom. The molecule has 0 bridgehead atoms. The van der Waals surface area contributed by atoms with Crippen LogP contribution in [0.4, 0.5) is 0 Å². The molecule has 5 nitrogen and oxygen atoms in total. The van der Waals surface area contributed by atoms with Crippen molar-refractivity contribution in [2.24, 2.45) is 11.8 Å². The van der Waals surface area contributed by atoms with Gasteiger partial charge >= 0.3 is 5.97 Å². The van der Waals surface area contributed by atoms with Gasteiger partial charge in [0.05, 0.1) is 17.2 Å². The third-order valence-corrected chi connectivity index (χ3v) is 5.64. The minimum Gasteiger partial charge on any atom is -0.468 e. The van der Waals surface area contributed by atoms with Crippen LogP contribution in [0.5, 0.6) is 0 Å². The molecule has 2 aliphatic rings. The Hall–Kier alpha value is -1.85. The summed E-state index contributed by atoms with van der Waals surface area (Å²) in [5.41, 5.74) is 1.61. The van der Waals surface area contributed by atoms with Crippen LogP contribution in [0.3, 0.4) is 0 Å². The van der Waals surface area contributed by atoms with Crippen molar-refractivity contribution in [3.8, 4) is 0 Å². The van der Waals surface area contributed by atoms with Crippen LogP contribution in [0.15, 0.2) is 29.5 Å². The summed E-state index contributed by atoms with van der Waals surface area (Å²) < 4.78 is 4.80. The van der Waals surface area contributed by atoms with E-state index in [0.29, 0.717) is 33.3 Å². The molecule has 1 aromatic rings. The van der Waals surface area contributed by atoms with Crippen molar-refractivity contribution in [3.05, 3.63) is 45.1 Å². The first kappa shape index (κ1) is 18.0. The molecule has 1 heterocycles. The number of amides is 1. The summed E-state index contributed by atoms with van der Waals surface area (Å²) in [6, 6.07) is 5.12. The summed E-state index contributed by atoms with van der Waals surface area (Å²) in [5, 5.41) is 3.45. The maximum Gasteiger partial charge on any atom is 0.316 e. The molecule has 0 aromatic heterocycles. The van der Waals surface area contributed by atoms with Crippen molar-refractivity contribution in [1.82, 2.24) is 5.32 Å². The first-order valence-electron chi connectivity index (χ1n) is 7.94. The molecule has 1 amide bonds. The number of halogens is 2. The number of hydrogen-bond donors (Lipinski definition) is 1. The largest absolute Gasteiger partial charge is 0.468 e. The third kappa shape index (κ3) is 3.07. The maximum absolute atomic E-state index is 13.1. The molecule has 1 N–H and O–H groups in total. The van der Waals surface area contributed by atoms with Gasteiger partial charge in [0, 0.05) is 23.6 Å². The van der Waals surface area contributed by atoms with Gasteiger partial charge in [0.25, 0.3) is 0 Å². The molecule has 3 atom stereocenters. The van der Waals surface area contributed by atoms with Crippen LogP contribution in [-0.4, -0.2) is 24.8 Å². The fourth-order valence-electron chi connectivity index (χ4n) is 3.65. The maximum atomic E-state index is 13.1. The number of hydrogen-bond acceptors (Lipinski definition) is 4. The number of nitrogens with one attached hydrogen (secondary N) is 1. The summed E-state index contributed by atoms with van der Waals surface area (Å²) in [7, 11) is 1.26. The van der Waals surface area contributed by atoms with E-state index in [0.717, 1.165) is 0 Å². The minimum absolute atomic E-state index is 0.0763. The zero-order chi connectivity index (χ0) is 18.3. The highest BCUT2D eigenvalue weighted by atomic mass is 35.5. The van der Waals surface area contributed by atoms with E-state index in [-0.39, 0.29) is 24.0 Å². The van der Waals surface area contributed by atoms with Crippen LogP contribution in [0.25, 0.3) is 0 Å². The van der Waals surface area contributed by atoms with E-state index in [1.165, 1.54) is 7.11 Å². The zero-order valence-electron chi connectivity index (χ0n) is 13.8. The van der Waals surface area contributed by atoms with Gasteiger partial charge in [-0.15, -0.1) is 0 Å². The molecule has 0 fully saturated rings. The van der Waals surface area contributed by atoms with Gasteiger partial charge in [0.2, 0.25) is 5.91 Å². The number of esters is 1. The quantitative estimate of drug-likeness (QED) is 0.630. The summed E-state index contributed by atoms with van der Waals surface area (Å²) in [6.07, 6.45) is 0.494. The lowest BCUT2D eigenvalue weighted by Gasteiger charge is -2.36. The lowest BCUT2D eigenvalue weighted by molar-refractivity contribution is -0.151. The number of rotatable bonds is 2. The van der Waals surface area contributed by atoms with Gasteiger partial charge in [-0.25, -0.2) is 0 Å². The molecule has 1 aliphatic carbocycles. The molecule has 7 heteroatoms. The number of allylic oxidation sites excluding steroid dienone is 2. The minimum atomic E-state index is -0.876. The highest BCUT2D eigenvalue weighted by molar-refractivity contribution is 6.42.